The molecule has 1 aliphatic heterocycles. The summed E-state index contributed by atoms with van der Waals surface area (Å²) >= 11 is 3.50. The van der Waals surface area contributed by atoms with E-state index in [1.54, 1.807) is 0 Å². The third-order valence-corrected chi connectivity index (χ3v) is 3.22. The van der Waals surface area contributed by atoms with E-state index in [0.717, 1.165) is 23.1 Å². The summed E-state index contributed by atoms with van der Waals surface area (Å²) in [7, 11) is 0. The van der Waals surface area contributed by atoms with Crippen molar-refractivity contribution in [1.82, 2.24) is 10.6 Å². The highest BCUT2D eigenvalue weighted by Crippen LogP contribution is 2.23. The summed E-state index contributed by atoms with van der Waals surface area (Å²) < 4.78 is 1.04. The van der Waals surface area contributed by atoms with Gasteiger partial charge in [-0.1, -0.05) is 34.1 Å². The van der Waals surface area contributed by atoms with E-state index in [0.29, 0.717) is 6.42 Å². The molecule has 1 aliphatic rings. The molecule has 1 heterocycles. The zero-order valence-corrected chi connectivity index (χ0v) is 9.88. The minimum Gasteiger partial charge on any atom is -0.348 e. The molecule has 1 amide bonds. The van der Waals surface area contributed by atoms with Crippen molar-refractivity contribution in [1.29, 1.82) is 0 Å². The van der Waals surface area contributed by atoms with Crippen LogP contribution in [0.2, 0.25) is 0 Å². The van der Waals surface area contributed by atoms with Crippen molar-refractivity contribution >= 4 is 21.8 Å². The molecular weight excluding hydrogens is 256 g/mol. The predicted molar refractivity (Wildman–Crippen MR) is 62.5 cm³/mol. The Morgan fingerprint density at radius 3 is 2.93 bits per heavy atom. The lowest BCUT2D eigenvalue weighted by atomic mass is 10.1. The quantitative estimate of drug-likeness (QED) is 0.813. The molecule has 0 radical (unpaired) electrons. The Balaban J connectivity index is 2.22. The smallest absolute Gasteiger partial charge is 0.221 e. The third-order valence-electron chi connectivity index (χ3n) is 2.49. The number of rotatable bonds is 1. The van der Waals surface area contributed by atoms with Crippen LogP contribution in [0.3, 0.4) is 0 Å². The number of hydrogen-bond acceptors (Lipinski definition) is 2. The van der Waals surface area contributed by atoms with Crippen LogP contribution < -0.4 is 10.6 Å². The minimum absolute atomic E-state index is 0.0653. The highest BCUT2D eigenvalue weighted by Gasteiger charge is 2.18. The van der Waals surface area contributed by atoms with E-state index in [2.05, 4.69) is 26.6 Å². The highest BCUT2D eigenvalue weighted by molar-refractivity contribution is 9.10. The molecule has 15 heavy (non-hydrogen) atoms. The van der Waals surface area contributed by atoms with Gasteiger partial charge in [0.25, 0.3) is 0 Å². The van der Waals surface area contributed by atoms with Gasteiger partial charge in [-0.05, 0) is 11.6 Å². The van der Waals surface area contributed by atoms with Crippen molar-refractivity contribution in [3.8, 4) is 0 Å². The summed E-state index contributed by atoms with van der Waals surface area (Å²) in [5.41, 5.74) is 1.13. The molecule has 2 N–H and O–H groups in total. The van der Waals surface area contributed by atoms with Crippen molar-refractivity contribution in [2.45, 2.75) is 12.5 Å². The van der Waals surface area contributed by atoms with Gasteiger partial charge in [-0.3, -0.25) is 4.79 Å². The number of carbonyl (C=O) groups excluding carboxylic acids is 1. The fourth-order valence-corrected chi connectivity index (χ4v) is 2.27. The molecule has 1 fully saturated rings. The molecular formula is C11H13BrN2O. The lowest BCUT2D eigenvalue weighted by molar-refractivity contribution is -0.121. The molecule has 1 saturated heterocycles. The van der Waals surface area contributed by atoms with E-state index in [1.165, 1.54) is 0 Å². The van der Waals surface area contributed by atoms with Crippen molar-refractivity contribution in [3.63, 3.8) is 0 Å². The maximum Gasteiger partial charge on any atom is 0.221 e. The van der Waals surface area contributed by atoms with E-state index >= 15 is 0 Å². The molecule has 0 aromatic heterocycles. The number of halogens is 1. The largest absolute Gasteiger partial charge is 0.348 e. The van der Waals surface area contributed by atoms with E-state index in [1.807, 2.05) is 24.3 Å². The molecule has 0 bridgehead atoms. The lowest BCUT2D eigenvalue weighted by Crippen LogP contribution is -2.30. The Morgan fingerprint density at radius 1 is 1.33 bits per heavy atom. The topological polar surface area (TPSA) is 41.1 Å². The Bertz CT molecular complexity index is 367. The number of benzene rings is 1. The summed E-state index contributed by atoms with van der Waals surface area (Å²) in [4.78, 5) is 11.4. The van der Waals surface area contributed by atoms with E-state index < -0.39 is 0 Å². The Hall–Kier alpha value is -0.870. The first kappa shape index (κ1) is 10.6. The van der Waals surface area contributed by atoms with Gasteiger partial charge in [0.1, 0.15) is 0 Å². The Labute approximate surface area is 97.4 Å². The molecule has 2 rings (SSSR count). The monoisotopic (exact) mass is 268 g/mol. The zero-order valence-electron chi connectivity index (χ0n) is 8.29. The Morgan fingerprint density at radius 2 is 2.13 bits per heavy atom. The first-order valence-corrected chi connectivity index (χ1v) is 5.81. The van der Waals surface area contributed by atoms with Gasteiger partial charge in [-0.15, -0.1) is 0 Å². The summed E-state index contributed by atoms with van der Waals surface area (Å²) in [5, 5.41) is 6.25. The molecule has 80 valence electrons. The van der Waals surface area contributed by atoms with Crippen LogP contribution in [0.4, 0.5) is 0 Å². The van der Waals surface area contributed by atoms with Crippen molar-refractivity contribution < 1.29 is 4.79 Å². The summed E-state index contributed by atoms with van der Waals surface area (Å²) in [6, 6.07) is 8.04. The summed E-state index contributed by atoms with van der Waals surface area (Å²) in [5.74, 6) is 0.112. The molecule has 1 atom stereocenters. The number of carbonyl (C=O) groups is 1. The average molecular weight is 269 g/mol. The highest BCUT2D eigenvalue weighted by atomic mass is 79.9. The second-order valence-corrected chi connectivity index (χ2v) is 4.45. The number of amides is 1. The van der Waals surface area contributed by atoms with Crippen LogP contribution in [0.25, 0.3) is 0 Å². The Kier molecular flexibility index (Phi) is 3.38. The molecule has 0 saturated carbocycles. The SMILES string of the molecule is O=C1CCNCC(c2ccccc2Br)N1. The van der Waals surface area contributed by atoms with Gasteiger partial charge >= 0.3 is 0 Å². The maximum absolute atomic E-state index is 11.4. The fourth-order valence-electron chi connectivity index (χ4n) is 1.71. The third kappa shape index (κ3) is 2.58. The van der Waals surface area contributed by atoms with Gasteiger partial charge < -0.3 is 10.6 Å². The van der Waals surface area contributed by atoms with Crippen molar-refractivity contribution in [2.24, 2.45) is 0 Å². The van der Waals surface area contributed by atoms with Gasteiger partial charge in [0.2, 0.25) is 5.91 Å². The van der Waals surface area contributed by atoms with Crippen LogP contribution in [0.15, 0.2) is 28.7 Å². The van der Waals surface area contributed by atoms with Crippen LogP contribution >= 0.6 is 15.9 Å². The molecule has 0 aliphatic carbocycles. The molecule has 1 unspecified atom stereocenters. The zero-order chi connectivity index (χ0) is 10.7. The first-order valence-electron chi connectivity index (χ1n) is 5.02. The van der Waals surface area contributed by atoms with Gasteiger partial charge in [0.05, 0.1) is 6.04 Å². The van der Waals surface area contributed by atoms with Crippen molar-refractivity contribution in [2.75, 3.05) is 13.1 Å². The fraction of sp³-hybridized carbons (Fsp3) is 0.364. The minimum atomic E-state index is 0.0653. The summed E-state index contributed by atoms with van der Waals surface area (Å²) in [6.45, 7) is 1.54. The molecule has 0 spiro atoms. The van der Waals surface area contributed by atoms with Gasteiger partial charge in [0, 0.05) is 24.0 Å². The van der Waals surface area contributed by atoms with Gasteiger partial charge in [0.15, 0.2) is 0 Å². The lowest BCUT2D eigenvalue weighted by Gasteiger charge is -2.17. The molecule has 1 aromatic rings. The summed E-state index contributed by atoms with van der Waals surface area (Å²) in [6.07, 6.45) is 0.557. The number of nitrogens with one attached hydrogen (secondary N) is 2. The van der Waals surface area contributed by atoms with Crippen LogP contribution in [0, 0.1) is 0 Å². The van der Waals surface area contributed by atoms with Gasteiger partial charge in [-0.25, -0.2) is 0 Å². The van der Waals surface area contributed by atoms with Crippen LogP contribution in [0.1, 0.15) is 18.0 Å². The normalized spacial score (nSPS) is 21.9. The van der Waals surface area contributed by atoms with Crippen LogP contribution in [0.5, 0.6) is 0 Å². The van der Waals surface area contributed by atoms with Crippen LogP contribution in [-0.4, -0.2) is 19.0 Å². The molecule has 1 aromatic carbocycles. The van der Waals surface area contributed by atoms with E-state index in [-0.39, 0.29) is 11.9 Å². The predicted octanol–water partition coefficient (Wildman–Crippen LogP) is 1.60. The average Bonchev–Trinajstić information content (AvgIpc) is 2.43. The van der Waals surface area contributed by atoms with Crippen molar-refractivity contribution in [3.05, 3.63) is 34.3 Å². The second-order valence-electron chi connectivity index (χ2n) is 3.60. The number of hydrogen-bond donors (Lipinski definition) is 2. The van der Waals surface area contributed by atoms with E-state index in [9.17, 15) is 4.79 Å². The second kappa shape index (κ2) is 4.77. The van der Waals surface area contributed by atoms with Crippen LogP contribution in [-0.2, 0) is 4.79 Å². The van der Waals surface area contributed by atoms with E-state index in [4.69, 9.17) is 0 Å². The van der Waals surface area contributed by atoms with Gasteiger partial charge in [-0.2, -0.15) is 0 Å². The standard InChI is InChI=1S/C11H13BrN2O/c12-9-4-2-1-3-8(9)10-7-13-6-5-11(15)14-10/h1-4,10,13H,5-7H2,(H,14,15). The molecule has 3 nitrogen and oxygen atoms in total. The maximum atomic E-state index is 11.4. The molecule has 4 heteroatoms. The first-order chi connectivity index (χ1) is 7.27.